The van der Waals surface area contributed by atoms with Crippen molar-refractivity contribution in [1.82, 2.24) is 5.32 Å². The highest BCUT2D eigenvalue weighted by Crippen LogP contribution is 2.16. The van der Waals surface area contributed by atoms with Gasteiger partial charge in [0.05, 0.1) is 0 Å². The Balaban J connectivity index is 4.67. The zero-order valence-corrected chi connectivity index (χ0v) is 8.50. The molecule has 0 fully saturated rings. The van der Waals surface area contributed by atoms with Crippen molar-refractivity contribution in [2.75, 3.05) is 6.61 Å². The van der Waals surface area contributed by atoms with Crippen LogP contribution in [0.5, 0.6) is 0 Å². The number of hydrogen-bond acceptors (Lipinski definition) is 6. The number of aliphatic hydroxyl groups excluding tert-OH is 3. The number of rotatable bonds is 6. The quantitative estimate of drug-likeness (QED) is 0.316. The molecule has 0 aliphatic heterocycles. The lowest BCUT2D eigenvalue weighted by Gasteiger charge is -2.29. The minimum Gasteiger partial charge on any atom is -0.390 e. The van der Waals surface area contributed by atoms with Crippen LogP contribution >= 0.6 is 0 Å². The second kappa shape index (κ2) is 5.85. The molecule has 7 nitrogen and oxygen atoms in total. The van der Waals surface area contributed by atoms with E-state index in [2.05, 4.69) is 0 Å². The van der Waals surface area contributed by atoms with Crippen molar-refractivity contribution in [3.05, 3.63) is 0 Å². The molecule has 1 amide bonds. The fourth-order valence-electron chi connectivity index (χ4n) is 0.986. The highest BCUT2D eigenvalue weighted by atomic mass is 19.2. The van der Waals surface area contributed by atoms with E-state index in [0.717, 1.165) is 6.92 Å². The van der Waals surface area contributed by atoms with Gasteiger partial charge < -0.3 is 30.5 Å². The van der Waals surface area contributed by atoms with Crippen LogP contribution in [0, 0.1) is 0 Å². The lowest BCUT2D eigenvalue weighted by Crippen LogP contribution is -2.57. The average Bonchev–Trinajstić information content (AvgIpc) is 2.23. The van der Waals surface area contributed by atoms with Gasteiger partial charge in [-0.2, -0.15) is 0 Å². The molecule has 0 aromatic heterocycles. The van der Waals surface area contributed by atoms with Crippen LogP contribution in [0.4, 0.5) is 4.39 Å². The summed E-state index contributed by atoms with van der Waals surface area (Å²) in [5, 5.41) is 37.5. The first-order valence-corrected chi connectivity index (χ1v) is 4.37. The van der Waals surface area contributed by atoms with E-state index in [4.69, 9.17) is 15.3 Å². The number of aldehydes is 1. The lowest BCUT2D eigenvalue weighted by molar-refractivity contribution is -0.220. The van der Waals surface area contributed by atoms with Crippen molar-refractivity contribution in [3.63, 3.8) is 0 Å². The highest BCUT2D eigenvalue weighted by Gasteiger charge is 2.43. The van der Waals surface area contributed by atoms with Gasteiger partial charge in [0.2, 0.25) is 5.91 Å². The number of carbonyl (C=O) groups excluding carboxylic acids is 2. The number of aliphatic hydroxyl groups is 4. The van der Waals surface area contributed by atoms with Crippen LogP contribution in [-0.4, -0.2) is 63.3 Å². The second-order valence-electron chi connectivity index (χ2n) is 3.27. The van der Waals surface area contributed by atoms with Crippen LogP contribution in [0.25, 0.3) is 0 Å². The van der Waals surface area contributed by atoms with Crippen LogP contribution in [-0.2, 0) is 9.59 Å². The maximum Gasteiger partial charge on any atom is 0.258 e. The molecule has 0 saturated carbocycles. The van der Waals surface area contributed by atoms with Gasteiger partial charge in [-0.1, -0.05) is 0 Å². The van der Waals surface area contributed by atoms with Gasteiger partial charge in [0.1, 0.15) is 31.1 Å². The van der Waals surface area contributed by atoms with E-state index < -0.39 is 36.6 Å². The van der Waals surface area contributed by atoms with Crippen molar-refractivity contribution in [2.45, 2.75) is 31.0 Å². The Hall–Kier alpha value is -1.09. The number of nitrogens with one attached hydrogen (secondary N) is 1. The molecule has 0 aliphatic carbocycles. The summed E-state index contributed by atoms with van der Waals surface area (Å²) in [6.45, 7) is -0.417. The molecule has 0 heterocycles. The predicted molar refractivity (Wildman–Crippen MR) is 48.8 cm³/mol. The van der Waals surface area contributed by atoms with Gasteiger partial charge in [-0.05, 0) is 0 Å². The standard InChI is InChI=1S/C8H14FNO6/c1-4(13)10-5(2-11)6(14)7(15)8(9,16)3-12/h2,5-7,12,14-16H,3H2,1H3,(H,10,13)/t5-,6+,7-,8+/m0/s1. The van der Waals surface area contributed by atoms with Crippen molar-refractivity contribution in [3.8, 4) is 0 Å². The van der Waals surface area contributed by atoms with E-state index in [9.17, 15) is 19.1 Å². The van der Waals surface area contributed by atoms with Crippen molar-refractivity contribution >= 4 is 12.2 Å². The highest BCUT2D eigenvalue weighted by molar-refractivity contribution is 5.77. The molecule has 0 bridgehead atoms. The van der Waals surface area contributed by atoms with Crippen molar-refractivity contribution < 1.29 is 34.4 Å². The third-order valence-electron chi connectivity index (χ3n) is 1.88. The molecule has 0 radical (unpaired) electrons. The molecule has 0 rings (SSSR count). The fraction of sp³-hybridized carbons (Fsp3) is 0.750. The topological polar surface area (TPSA) is 127 Å². The van der Waals surface area contributed by atoms with E-state index in [-0.39, 0.29) is 6.29 Å². The summed E-state index contributed by atoms with van der Waals surface area (Å²) in [6, 6.07) is -1.58. The Morgan fingerprint density at radius 2 is 2.06 bits per heavy atom. The predicted octanol–water partition coefficient (Wildman–Crippen LogP) is -2.94. The molecule has 0 unspecified atom stereocenters. The SMILES string of the molecule is CC(=O)N[C@@H](C=O)[C@@H](O)[C@H](O)[C@@](O)(F)CO. The van der Waals surface area contributed by atoms with Gasteiger partial charge >= 0.3 is 0 Å². The van der Waals surface area contributed by atoms with Crippen LogP contribution in [0.2, 0.25) is 0 Å². The van der Waals surface area contributed by atoms with Gasteiger partial charge in [0.25, 0.3) is 5.85 Å². The number of amides is 1. The Labute approximate surface area is 90.5 Å². The number of hydrogen-bond donors (Lipinski definition) is 5. The maximum atomic E-state index is 13.0. The summed E-state index contributed by atoms with van der Waals surface area (Å²) in [6.07, 6.45) is -4.44. The molecule has 0 aromatic rings. The van der Waals surface area contributed by atoms with Crippen LogP contribution in [0.3, 0.4) is 0 Å². The zero-order valence-electron chi connectivity index (χ0n) is 8.50. The first-order valence-electron chi connectivity index (χ1n) is 4.37. The summed E-state index contributed by atoms with van der Waals surface area (Å²) < 4.78 is 13.0. The Morgan fingerprint density at radius 3 is 2.38 bits per heavy atom. The summed E-state index contributed by atoms with van der Waals surface area (Å²) >= 11 is 0. The van der Waals surface area contributed by atoms with Crippen molar-refractivity contribution in [2.24, 2.45) is 0 Å². The first-order chi connectivity index (χ1) is 7.26. The molecule has 0 aromatic carbocycles. The van der Waals surface area contributed by atoms with E-state index >= 15 is 0 Å². The second-order valence-corrected chi connectivity index (χ2v) is 3.27. The van der Waals surface area contributed by atoms with Crippen molar-refractivity contribution in [1.29, 1.82) is 0 Å². The van der Waals surface area contributed by atoms with Gasteiger partial charge in [0, 0.05) is 6.92 Å². The van der Waals surface area contributed by atoms with Crippen LogP contribution in [0.1, 0.15) is 6.92 Å². The Kier molecular flexibility index (Phi) is 5.45. The van der Waals surface area contributed by atoms with Gasteiger partial charge in [-0.15, -0.1) is 0 Å². The molecule has 5 N–H and O–H groups in total. The molecular weight excluding hydrogens is 225 g/mol. The minimum atomic E-state index is -3.46. The third-order valence-corrected chi connectivity index (χ3v) is 1.88. The Bertz CT molecular complexity index is 259. The molecular formula is C8H14FNO6. The van der Waals surface area contributed by atoms with E-state index in [1.54, 1.807) is 0 Å². The summed E-state index contributed by atoms with van der Waals surface area (Å²) in [4.78, 5) is 21.0. The van der Waals surface area contributed by atoms with E-state index in [1.165, 1.54) is 0 Å². The van der Waals surface area contributed by atoms with E-state index in [1.807, 2.05) is 5.32 Å². The maximum absolute atomic E-state index is 13.0. The minimum absolute atomic E-state index is 0.0722. The molecule has 4 atom stereocenters. The molecule has 94 valence electrons. The summed E-state index contributed by atoms with van der Waals surface area (Å²) in [7, 11) is 0. The summed E-state index contributed by atoms with van der Waals surface area (Å²) in [5.41, 5.74) is 0. The fourth-order valence-corrected chi connectivity index (χ4v) is 0.986. The van der Waals surface area contributed by atoms with E-state index in [0.29, 0.717) is 0 Å². The average molecular weight is 239 g/mol. The molecule has 0 saturated heterocycles. The smallest absolute Gasteiger partial charge is 0.258 e. The number of halogens is 1. The zero-order chi connectivity index (χ0) is 12.9. The van der Waals surface area contributed by atoms with Crippen LogP contribution < -0.4 is 5.32 Å². The largest absolute Gasteiger partial charge is 0.390 e. The molecule has 0 spiro atoms. The summed E-state index contributed by atoms with van der Waals surface area (Å²) in [5.74, 6) is -4.14. The monoisotopic (exact) mass is 239 g/mol. The first kappa shape index (κ1) is 14.9. The van der Waals surface area contributed by atoms with Gasteiger partial charge in [0.15, 0.2) is 0 Å². The molecule has 16 heavy (non-hydrogen) atoms. The number of carbonyl (C=O) groups is 2. The molecule has 0 aliphatic rings. The number of alkyl halides is 1. The lowest BCUT2D eigenvalue weighted by atomic mass is 10.0. The van der Waals surface area contributed by atoms with Gasteiger partial charge in [-0.25, -0.2) is 4.39 Å². The Morgan fingerprint density at radius 1 is 1.56 bits per heavy atom. The van der Waals surface area contributed by atoms with Gasteiger partial charge in [-0.3, -0.25) is 4.79 Å². The normalized spacial score (nSPS) is 20.4. The third kappa shape index (κ3) is 3.81. The molecule has 8 heteroatoms. The van der Waals surface area contributed by atoms with Crippen LogP contribution in [0.15, 0.2) is 0 Å².